The molecule has 2 N–H and O–H groups in total. The van der Waals surface area contributed by atoms with E-state index in [4.69, 9.17) is 16.3 Å². The molecule has 0 aliphatic heterocycles. The molecule has 150 valence electrons. The van der Waals surface area contributed by atoms with Crippen LogP contribution in [0.1, 0.15) is 5.56 Å². The first-order chi connectivity index (χ1) is 14.6. The number of hydrogen-bond acceptors (Lipinski definition) is 6. The molecule has 4 aromatic rings. The van der Waals surface area contributed by atoms with Gasteiger partial charge in [-0.2, -0.15) is 4.98 Å². The topological polar surface area (TPSA) is 102 Å². The van der Waals surface area contributed by atoms with Crippen molar-refractivity contribution in [2.24, 2.45) is 0 Å². The van der Waals surface area contributed by atoms with Gasteiger partial charge in [-0.05, 0) is 48.0 Å². The smallest absolute Gasteiger partial charge is 0.352 e. The zero-order valence-corrected chi connectivity index (χ0v) is 16.3. The lowest BCUT2D eigenvalue weighted by Crippen LogP contribution is -2.34. The van der Waals surface area contributed by atoms with Crippen molar-refractivity contribution in [3.63, 3.8) is 0 Å². The lowest BCUT2D eigenvalue weighted by Gasteiger charge is -2.13. The minimum atomic E-state index is -0.732. The highest BCUT2D eigenvalue weighted by Crippen LogP contribution is 2.22. The van der Waals surface area contributed by atoms with Crippen molar-refractivity contribution in [1.29, 1.82) is 0 Å². The van der Waals surface area contributed by atoms with Gasteiger partial charge in [0.25, 0.3) is 0 Å². The number of halogens is 1. The van der Waals surface area contributed by atoms with Crippen molar-refractivity contribution in [2.45, 2.75) is 6.54 Å². The van der Waals surface area contributed by atoms with Crippen molar-refractivity contribution in [2.75, 3.05) is 5.32 Å². The lowest BCUT2D eigenvalue weighted by atomic mass is 10.2. The largest absolute Gasteiger partial charge is 0.439 e. The molecule has 9 heteroatoms. The molecule has 0 aliphatic rings. The van der Waals surface area contributed by atoms with Crippen LogP contribution in [0.4, 0.5) is 11.6 Å². The number of pyridine rings is 1. The van der Waals surface area contributed by atoms with Crippen LogP contribution >= 0.6 is 11.6 Å². The molecule has 8 nitrogen and oxygen atoms in total. The second kappa shape index (κ2) is 8.62. The van der Waals surface area contributed by atoms with Gasteiger partial charge in [0.2, 0.25) is 11.8 Å². The van der Waals surface area contributed by atoms with E-state index in [9.17, 15) is 9.59 Å². The average molecular weight is 422 g/mol. The number of nitrogens with one attached hydrogen (secondary N) is 2. The van der Waals surface area contributed by atoms with Crippen LogP contribution in [-0.4, -0.2) is 19.5 Å². The third kappa shape index (κ3) is 4.73. The predicted octanol–water partition coefficient (Wildman–Crippen LogP) is 3.56. The van der Waals surface area contributed by atoms with E-state index >= 15 is 0 Å². The summed E-state index contributed by atoms with van der Waals surface area (Å²) in [6.07, 6.45) is 1.64. The van der Waals surface area contributed by atoms with Gasteiger partial charge in [-0.25, -0.2) is 14.6 Å². The summed E-state index contributed by atoms with van der Waals surface area (Å²) >= 11 is 5.91. The second-order valence-corrected chi connectivity index (χ2v) is 6.74. The van der Waals surface area contributed by atoms with Crippen molar-refractivity contribution >= 4 is 23.2 Å². The van der Waals surface area contributed by atoms with Crippen molar-refractivity contribution < 1.29 is 4.74 Å². The Morgan fingerprint density at radius 2 is 1.77 bits per heavy atom. The third-order valence-electron chi connectivity index (χ3n) is 4.15. The van der Waals surface area contributed by atoms with Crippen molar-refractivity contribution in [1.82, 2.24) is 19.5 Å². The third-order valence-corrected chi connectivity index (χ3v) is 4.40. The first kappa shape index (κ1) is 19.4. The first-order valence-electron chi connectivity index (χ1n) is 8.98. The summed E-state index contributed by atoms with van der Waals surface area (Å²) in [4.78, 5) is 34.3. The highest BCUT2D eigenvalue weighted by Gasteiger charge is 2.10. The summed E-state index contributed by atoms with van der Waals surface area (Å²) in [5.41, 5.74) is 0.163. The van der Waals surface area contributed by atoms with Crippen molar-refractivity contribution in [3.8, 4) is 11.6 Å². The monoisotopic (exact) mass is 421 g/mol. The predicted molar refractivity (Wildman–Crippen MR) is 114 cm³/mol. The van der Waals surface area contributed by atoms with E-state index < -0.39 is 11.4 Å². The van der Waals surface area contributed by atoms with Gasteiger partial charge in [0.05, 0.1) is 6.54 Å². The number of ether oxygens (including phenoxy) is 1. The van der Waals surface area contributed by atoms with E-state index in [1.54, 1.807) is 66.9 Å². The quantitative estimate of drug-likeness (QED) is 0.493. The van der Waals surface area contributed by atoms with E-state index in [-0.39, 0.29) is 12.5 Å². The zero-order valence-electron chi connectivity index (χ0n) is 15.6. The average Bonchev–Trinajstić information content (AvgIpc) is 2.74. The molecule has 0 saturated heterocycles. The Hall–Kier alpha value is -3.91. The van der Waals surface area contributed by atoms with Crippen LogP contribution in [-0.2, 0) is 6.54 Å². The van der Waals surface area contributed by atoms with E-state index in [1.807, 2.05) is 6.07 Å². The highest BCUT2D eigenvalue weighted by atomic mass is 35.5. The first-order valence-corrected chi connectivity index (χ1v) is 9.36. The molecule has 0 unspecified atom stereocenters. The maximum atomic E-state index is 12.4. The maximum Gasteiger partial charge on any atom is 0.352 e. The van der Waals surface area contributed by atoms with Gasteiger partial charge in [-0.3, -0.25) is 9.55 Å². The standard InChI is InChI=1S/C21H16ClN5O3/c22-15-6-4-14(5-7-15)13-27-19(25-20(28)26-21(27)29)24-16-8-10-17(11-9-16)30-18-3-1-2-12-23-18/h1-12H,13H2,(H2,24,25,26,28,29). The maximum absolute atomic E-state index is 12.4. The minimum Gasteiger partial charge on any atom is -0.439 e. The number of benzene rings is 2. The van der Waals surface area contributed by atoms with Gasteiger partial charge in [0.15, 0.2) is 0 Å². The summed E-state index contributed by atoms with van der Waals surface area (Å²) in [6, 6.07) is 19.4. The number of aromatic amines is 1. The summed E-state index contributed by atoms with van der Waals surface area (Å²) < 4.78 is 6.99. The zero-order chi connectivity index (χ0) is 20.9. The van der Waals surface area contributed by atoms with Crippen LogP contribution in [0, 0.1) is 0 Å². The molecular formula is C21H16ClN5O3. The van der Waals surface area contributed by atoms with Crippen LogP contribution in [0.2, 0.25) is 5.02 Å². The van der Waals surface area contributed by atoms with E-state index in [0.717, 1.165) is 5.56 Å². The summed E-state index contributed by atoms with van der Waals surface area (Å²) in [5, 5.41) is 3.61. The van der Waals surface area contributed by atoms with Gasteiger partial charge >= 0.3 is 11.4 Å². The molecule has 0 spiro atoms. The Bertz CT molecular complexity index is 1250. The summed E-state index contributed by atoms with van der Waals surface area (Å²) in [6.45, 7) is 0.211. The molecule has 0 fully saturated rings. The number of nitrogens with zero attached hydrogens (tertiary/aromatic N) is 3. The van der Waals surface area contributed by atoms with Crippen LogP contribution < -0.4 is 21.4 Å². The minimum absolute atomic E-state index is 0.122. The molecule has 0 atom stereocenters. The molecular weight excluding hydrogens is 406 g/mol. The molecule has 2 aromatic carbocycles. The number of hydrogen-bond donors (Lipinski definition) is 2. The van der Waals surface area contributed by atoms with Crippen LogP contribution in [0.25, 0.3) is 0 Å². The number of anilines is 2. The fourth-order valence-corrected chi connectivity index (χ4v) is 2.84. The van der Waals surface area contributed by atoms with Crippen LogP contribution in [0.3, 0.4) is 0 Å². The van der Waals surface area contributed by atoms with Gasteiger partial charge in [0.1, 0.15) is 5.75 Å². The summed E-state index contributed by atoms with van der Waals surface area (Å²) in [7, 11) is 0. The second-order valence-electron chi connectivity index (χ2n) is 6.30. The number of aromatic nitrogens is 4. The van der Waals surface area contributed by atoms with Gasteiger partial charge in [-0.1, -0.05) is 29.8 Å². The molecule has 4 rings (SSSR count). The van der Waals surface area contributed by atoms with Crippen LogP contribution in [0.15, 0.2) is 82.5 Å². The number of rotatable bonds is 6. The molecule has 0 saturated carbocycles. The molecule has 2 heterocycles. The van der Waals surface area contributed by atoms with E-state index in [1.165, 1.54) is 4.57 Å². The Kier molecular flexibility index (Phi) is 5.58. The summed E-state index contributed by atoms with van der Waals surface area (Å²) in [5.74, 6) is 1.19. The molecule has 2 aromatic heterocycles. The van der Waals surface area contributed by atoms with Crippen LogP contribution in [0.5, 0.6) is 11.6 Å². The van der Waals surface area contributed by atoms with Gasteiger partial charge in [0, 0.05) is 23.0 Å². The Balaban J connectivity index is 1.57. The molecule has 0 radical (unpaired) electrons. The Morgan fingerprint density at radius 3 is 2.47 bits per heavy atom. The molecule has 30 heavy (non-hydrogen) atoms. The molecule has 0 aliphatic carbocycles. The highest BCUT2D eigenvalue weighted by molar-refractivity contribution is 6.30. The van der Waals surface area contributed by atoms with E-state index in [2.05, 4.69) is 20.3 Å². The van der Waals surface area contributed by atoms with E-state index in [0.29, 0.717) is 22.3 Å². The van der Waals surface area contributed by atoms with Crippen molar-refractivity contribution in [3.05, 3.63) is 104 Å². The fraction of sp³-hybridized carbons (Fsp3) is 0.0476. The Morgan fingerprint density at radius 1 is 1.00 bits per heavy atom. The lowest BCUT2D eigenvalue weighted by molar-refractivity contribution is 0.463. The number of H-pyrrole nitrogens is 1. The SMILES string of the molecule is O=c1nc(Nc2ccc(Oc3ccccn3)cc2)n(Cc2ccc(Cl)cc2)c(=O)[nH]1. The molecule has 0 bridgehead atoms. The fourth-order valence-electron chi connectivity index (χ4n) is 2.72. The Labute approximate surface area is 175 Å². The van der Waals surface area contributed by atoms with Gasteiger partial charge < -0.3 is 10.1 Å². The normalized spacial score (nSPS) is 10.6. The molecule has 0 amide bonds. The van der Waals surface area contributed by atoms with Gasteiger partial charge in [-0.15, -0.1) is 0 Å².